The Balaban J connectivity index is 1.34. The van der Waals surface area contributed by atoms with Crippen molar-refractivity contribution < 1.29 is 18.7 Å². The fraction of sp³-hybridized carbons (Fsp3) is 0.208. The third kappa shape index (κ3) is 4.85. The van der Waals surface area contributed by atoms with Crippen molar-refractivity contribution in [2.75, 3.05) is 43.5 Å². The highest BCUT2D eigenvalue weighted by Crippen LogP contribution is 2.19. The van der Waals surface area contributed by atoms with Crippen LogP contribution in [0.4, 0.5) is 15.9 Å². The minimum atomic E-state index is -0.419. The Hall–Kier alpha value is -3.94. The summed E-state index contributed by atoms with van der Waals surface area (Å²) in [6.45, 7) is 2.27. The predicted molar refractivity (Wildman–Crippen MR) is 120 cm³/mol. The van der Waals surface area contributed by atoms with Gasteiger partial charge in [-0.15, -0.1) is 0 Å². The first kappa shape index (κ1) is 21.3. The van der Waals surface area contributed by atoms with Gasteiger partial charge in [0.1, 0.15) is 17.4 Å². The fourth-order valence-electron chi connectivity index (χ4n) is 3.56. The number of pyridine rings is 1. The number of rotatable bonds is 5. The number of carbonyl (C=O) groups is 2. The Labute approximate surface area is 185 Å². The minimum absolute atomic E-state index is 0.173. The number of carbonyl (C=O) groups excluding carboxylic acids is 2. The van der Waals surface area contributed by atoms with Crippen LogP contribution < -0.4 is 15.0 Å². The first-order chi connectivity index (χ1) is 15.5. The Morgan fingerprint density at radius 3 is 2.41 bits per heavy atom. The summed E-state index contributed by atoms with van der Waals surface area (Å²) in [5, 5.41) is 2.83. The normalized spacial score (nSPS) is 13.6. The van der Waals surface area contributed by atoms with Crippen molar-refractivity contribution in [3.05, 3.63) is 83.8 Å². The van der Waals surface area contributed by atoms with Crippen molar-refractivity contribution in [2.24, 2.45) is 0 Å². The summed E-state index contributed by atoms with van der Waals surface area (Å²) < 4.78 is 18.6. The average Bonchev–Trinajstić information content (AvgIpc) is 2.84. The van der Waals surface area contributed by atoms with Gasteiger partial charge in [-0.25, -0.2) is 9.37 Å². The molecule has 1 saturated heterocycles. The molecule has 0 spiro atoms. The van der Waals surface area contributed by atoms with E-state index in [0.29, 0.717) is 48.7 Å². The number of hydrogen-bond donors (Lipinski definition) is 1. The SMILES string of the molecule is COc1cccc(C(=O)Nc2ccc(N3CCN(C(=O)c4cccc(F)c4)CC3)nc2)c1. The molecule has 0 aliphatic carbocycles. The molecule has 1 aromatic heterocycles. The summed E-state index contributed by atoms with van der Waals surface area (Å²) in [6, 6.07) is 16.3. The van der Waals surface area contributed by atoms with Gasteiger partial charge >= 0.3 is 0 Å². The Morgan fingerprint density at radius 1 is 0.969 bits per heavy atom. The second-order valence-electron chi connectivity index (χ2n) is 7.38. The average molecular weight is 434 g/mol. The molecule has 0 radical (unpaired) electrons. The minimum Gasteiger partial charge on any atom is -0.497 e. The molecule has 0 bridgehead atoms. The number of nitrogens with one attached hydrogen (secondary N) is 1. The number of aromatic nitrogens is 1. The van der Waals surface area contributed by atoms with Gasteiger partial charge in [0, 0.05) is 37.3 Å². The largest absolute Gasteiger partial charge is 0.497 e. The van der Waals surface area contributed by atoms with E-state index in [1.165, 1.54) is 18.2 Å². The highest BCUT2D eigenvalue weighted by atomic mass is 19.1. The molecule has 164 valence electrons. The van der Waals surface area contributed by atoms with Gasteiger partial charge in [-0.2, -0.15) is 0 Å². The first-order valence-electron chi connectivity index (χ1n) is 10.2. The molecule has 0 atom stereocenters. The van der Waals surface area contributed by atoms with E-state index in [1.54, 1.807) is 54.6 Å². The topological polar surface area (TPSA) is 74.8 Å². The van der Waals surface area contributed by atoms with Crippen LogP contribution in [0.25, 0.3) is 0 Å². The third-order valence-electron chi connectivity index (χ3n) is 5.30. The second kappa shape index (κ2) is 9.47. The van der Waals surface area contributed by atoms with Crippen molar-refractivity contribution in [1.82, 2.24) is 9.88 Å². The summed E-state index contributed by atoms with van der Waals surface area (Å²) in [4.78, 5) is 33.3. The summed E-state index contributed by atoms with van der Waals surface area (Å²) in [5.74, 6) is 0.538. The molecule has 8 heteroatoms. The number of benzene rings is 2. The molecule has 3 aromatic rings. The molecule has 0 unspecified atom stereocenters. The zero-order chi connectivity index (χ0) is 22.5. The van der Waals surface area contributed by atoms with Crippen LogP contribution in [0.5, 0.6) is 5.75 Å². The van der Waals surface area contributed by atoms with Crippen LogP contribution in [0.15, 0.2) is 66.9 Å². The van der Waals surface area contributed by atoms with Crippen LogP contribution in [0.3, 0.4) is 0 Å². The Bertz CT molecular complexity index is 1110. The van der Waals surface area contributed by atoms with Gasteiger partial charge in [-0.3, -0.25) is 9.59 Å². The number of halogens is 1. The highest BCUT2D eigenvalue weighted by molar-refractivity contribution is 6.04. The van der Waals surface area contributed by atoms with E-state index in [1.807, 2.05) is 6.07 Å². The van der Waals surface area contributed by atoms with Crippen LogP contribution in [0, 0.1) is 5.82 Å². The molecule has 0 saturated carbocycles. The molecule has 32 heavy (non-hydrogen) atoms. The molecule has 2 amide bonds. The smallest absolute Gasteiger partial charge is 0.255 e. The van der Waals surface area contributed by atoms with Crippen molar-refractivity contribution in [2.45, 2.75) is 0 Å². The Kier molecular flexibility index (Phi) is 6.30. The molecular weight excluding hydrogens is 411 g/mol. The Morgan fingerprint density at radius 2 is 1.72 bits per heavy atom. The van der Waals surface area contributed by atoms with Crippen LogP contribution in [-0.4, -0.2) is 55.0 Å². The highest BCUT2D eigenvalue weighted by Gasteiger charge is 2.23. The van der Waals surface area contributed by atoms with E-state index in [9.17, 15) is 14.0 Å². The van der Waals surface area contributed by atoms with Crippen molar-refractivity contribution in [3.63, 3.8) is 0 Å². The van der Waals surface area contributed by atoms with Crippen molar-refractivity contribution in [3.8, 4) is 5.75 Å². The molecule has 2 aromatic carbocycles. The maximum absolute atomic E-state index is 13.4. The summed E-state index contributed by atoms with van der Waals surface area (Å²) in [6.07, 6.45) is 1.61. The van der Waals surface area contributed by atoms with E-state index >= 15 is 0 Å². The van der Waals surface area contributed by atoms with Crippen molar-refractivity contribution >= 4 is 23.3 Å². The van der Waals surface area contributed by atoms with Crippen molar-refractivity contribution in [1.29, 1.82) is 0 Å². The quantitative estimate of drug-likeness (QED) is 0.666. The number of methoxy groups -OCH3 is 1. The molecule has 1 aliphatic heterocycles. The van der Waals surface area contributed by atoms with Gasteiger partial charge in [-0.1, -0.05) is 12.1 Å². The lowest BCUT2D eigenvalue weighted by molar-refractivity contribution is 0.0746. The van der Waals surface area contributed by atoms with E-state index < -0.39 is 5.82 Å². The number of piperazine rings is 1. The lowest BCUT2D eigenvalue weighted by Gasteiger charge is -2.35. The number of hydrogen-bond acceptors (Lipinski definition) is 5. The van der Waals surface area contributed by atoms with Gasteiger partial charge in [0.15, 0.2) is 0 Å². The van der Waals surface area contributed by atoms with Crippen LogP contribution in [0.1, 0.15) is 20.7 Å². The van der Waals surface area contributed by atoms with E-state index in [4.69, 9.17) is 4.74 Å². The van der Waals surface area contributed by atoms with E-state index in [0.717, 1.165) is 5.82 Å². The summed E-state index contributed by atoms with van der Waals surface area (Å²) in [7, 11) is 1.55. The molecular formula is C24H23FN4O3. The lowest BCUT2D eigenvalue weighted by Crippen LogP contribution is -2.49. The van der Waals surface area contributed by atoms with E-state index in [2.05, 4.69) is 15.2 Å². The van der Waals surface area contributed by atoms with Gasteiger partial charge in [-0.05, 0) is 48.5 Å². The molecule has 4 rings (SSSR count). The first-order valence-corrected chi connectivity index (χ1v) is 10.2. The third-order valence-corrected chi connectivity index (χ3v) is 5.30. The molecule has 1 aliphatic rings. The molecule has 2 heterocycles. The summed E-state index contributed by atoms with van der Waals surface area (Å²) >= 11 is 0. The fourth-order valence-corrected chi connectivity index (χ4v) is 3.56. The zero-order valence-corrected chi connectivity index (χ0v) is 17.6. The predicted octanol–water partition coefficient (Wildman–Crippen LogP) is 3.44. The van der Waals surface area contributed by atoms with Gasteiger partial charge in [0.05, 0.1) is 19.0 Å². The number of ether oxygens (including phenoxy) is 1. The number of amides is 2. The van der Waals surface area contributed by atoms with Gasteiger partial charge < -0.3 is 19.9 Å². The van der Waals surface area contributed by atoms with Crippen LogP contribution in [-0.2, 0) is 0 Å². The van der Waals surface area contributed by atoms with E-state index in [-0.39, 0.29) is 11.8 Å². The monoisotopic (exact) mass is 434 g/mol. The van der Waals surface area contributed by atoms with Gasteiger partial charge in [0.2, 0.25) is 0 Å². The standard InChI is InChI=1S/C24H23FN4O3/c1-32-21-7-3-4-17(15-21)23(30)27-20-8-9-22(26-16-20)28-10-12-29(13-11-28)24(31)18-5-2-6-19(25)14-18/h2-9,14-16H,10-13H2,1H3,(H,27,30). The molecule has 7 nitrogen and oxygen atoms in total. The van der Waals surface area contributed by atoms with Crippen LogP contribution >= 0.6 is 0 Å². The lowest BCUT2D eigenvalue weighted by atomic mass is 10.1. The zero-order valence-electron chi connectivity index (χ0n) is 17.6. The second-order valence-corrected chi connectivity index (χ2v) is 7.38. The molecule has 1 fully saturated rings. The number of anilines is 2. The maximum atomic E-state index is 13.4. The number of nitrogens with zero attached hydrogens (tertiary/aromatic N) is 3. The molecule has 1 N–H and O–H groups in total. The summed E-state index contributed by atoms with van der Waals surface area (Å²) in [5.41, 5.74) is 1.43. The van der Waals surface area contributed by atoms with Crippen LogP contribution in [0.2, 0.25) is 0 Å². The maximum Gasteiger partial charge on any atom is 0.255 e. The van der Waals surface area contributed by atoms with Gasteiger partial charge in [0.25, 0.3) is 11.8 Å².